The van der Waals surface area contributed by atoms with Crippen molar-refractivity contribution in [3.05, 3.63) is 46.8 Å². The van der Waals surface area contributed by atoms with E-state index >= 15 is 0 Å². The predicted molar refractivity (Wildman–Crippen MR) is 67.6 cm³/mol. The molecule has 0 saturated heterocycles. The average Bonchev–Trinajstić information content (AvgIpc) is 2.98. The molecule has 7 heteroatoms. The third-order valence-corrected chi connectivity index (χ3v) is 3.57. The van der Waals surface area contributed by atoms with E-state index in [4.69, 9.17) is 5.11 Å². The Labute approximate surface area is 117 Å². The van der Waals surface area contributed by atoms with Crippen molar-refractivity contribution in [1.29, 1.82) is 0 Å². The molecule has 0 aliphatic heterocycles. The molecule has 1 aliphatic rings. The molecule has 1 aliphatic carbocycles. The molecule has 0 radical (unpaired) electrons. The largest absolute Gasteiger partial charge is 0.476 e. The van der Waals surface area contributed by atoms with Gasteiger partial charge in [0, 0.05) is 11.3 Å². The van der Waals surface area contributed by atoms with Gasteiger partial charge in [0.2, 0.25) is 0 Å². The number of benzene rings is 1. The molecule has 0 fully saturated rings. The van der Waals surface area contributed by atoms with Crippen LogP contribution in [0.25, 0.3) is 5.69 Å². The van der Waals surface area contributed by atoms with Crippen molar-refractivity contribution < 1.29 is 23.1 Å². The van der Waals surface area contributed by atoms with E-state index in [1.54, 1.807) is 0 Å². The van der Waals surface area contributed by atoms with E-state index in [1.165, 1.54) is 16.8 Å². The Morgan fingerprint density at radius 3 is 2.43 bits per heavy atom. The maximum absolute atomic E-state index is 12.6. The third-order valence-electron chi connectivity index (χ3n) is 3.57. The number of alkyl halides is 3. The lowest BCUT2D eigenvalue weighted by molar-refractivity contribution is -0.137. The van der Waals surface area contributed by atoms with Crippen molar-refractivity contribution >= 4 is 5.97 Å². The fourth-order valence-electron chi connectivity index (χ4n) is 2.61. The van der Waals surface area contributed by atoms with Gasteiger partial charge in [-0.3, -0.25) is 0 Å². The highest BCUT2D eigenvalue weighted by Crippen LogP contribution is 2.31. The highest BCUT2D eigenvalue weighted by molar-refractivity contribution is 5.87. The van der Waals surface area contributed by atoms with Crippen LogP contribution in [0.1, 0.15) is 33.7 Å². The first kappa shape index (κ1) is 13.7. The number of aromatic nitrogens is 2. The molecule has 0 spiro atoms. The van der Waals surface area contributed by atoms with Crippen molar-refractivity contribution in [2.45, 2.75) is 25.4 Å². The van der Waals surface area contributed by atoms with Crippen LogP contribution in [0.2, 0.25) is 0 Å². The van der Waals surface area contributed by atoms with Gasteiger partial charge >= 0.3 is 12.1 Å². The number of carbonyl (C=O) groups is 1. The van der Waals surface area contributed by atoms with E-state index in [1.807, 2.05) is 0 Å². The molecule has 0 saturated carbocycles. The minimum Gasteiger partial charge on any atom is -0.476 e. The Bertz CT molecular complexity index is 702. The number of nitrogens with zero attached hydrogens (tertiary/aromatic N) is 2. The smallest absolute Gasteiger partial charge is 0.416 e. The molecule has 21 heavy (non-hydrogen) atoms. The Kier molecular flexibility index (Phi) is 3.00. The summed E-state index contributed by atoms with van der Waals surface area (Å²) in [6.45, 7) is 0. The zero-order chi connectivity index (χ0) is 15.2. The first-order valence-electron chi connectivity index (χ1n) is 6.39. The quantitative estimate of drug-likeness (QED) is 0.926. The molecule has 4 nitrogen and oxygen atoms in total. The van der Waals surface area contributed by atoms with Gasteiger partial charge in [-0.05, 0) is 43.5 Å². The number of hydrogen-bond donors (Lipinski definition) is 1. The third kappa shape index (κ3) is 2.28. The monoisotopic (exact) mass is 296 g/mol. The maximum atomic E-state index is 12.6. The molecular weight excluding hydrogens is 285 g/mol. The summed E-state index contributed by atoms with van der Waals surface area (Å²) in [7, 11) is 0. The van der Waals surface area contributed by atoms with E-state index in [0.29, 0.717) is 24.1 Å². The highest BCUT2D eigenvalue weighted by Gasteiger charge is 2.31. The lowest BCUT2D eigenvalue weighted by Gasteiger charge is -2.09. The number of halogens is 3. The fraction of sp³-hybridized carbons (Fsp3) is 0.286. The molecule has 1 N–H and O–H groups in total. The molecule has 110 valence electrons. The first-order chi connectivity index (χ1) is 9.88. The standard InChI is InChI=1S/C14H11F3N2O2/c15-14(16,17)8-4-6-9(7-5-8)19-11-3-1-2-10(11)12(18-19)13(20)21/h4-7H,1-3H2,(H,20,21). The van der Waals surface area contributed by atoms with Gasteiger partial charge in [0.1, 0.15) is 0 Å². The summed E-state index contributed by atoms with van der Waals surface area (Å²) in [5.41, 5.74) is 1.14. The van der Waals surface area contributed by atoms with Gasteiger partial charge in [-0.2, -0.15) is 18.3 Å². The second-order valence-electron chi connectivity index (χ2n) is 4.89. The fourth-order valence-corrected chi connectivity index (χ4v) is 2.61. The van der Waals surface area contributed by atoms with Crippen molar-refractivity contribution in [3.63, 3.8) is 0 Å². The van der Waals surface area contributed by atoms with Gasteiger partial charge in [0.25, 0.3) is 0 Å². The van der Waals surface area contributed by atoms with Gasteiger partial charge in [-0.1, -0.05) is 0 Å². The maximum Gasteiger partial charge on any atom is 0.416 e. The average molecular weight is 296 g/mol. The van der Waals surface area contributed by atoms with Crippen LogP contribution in [0.4, 0.5) is 13.2 Å². The summed E-state index contributed by atoms with van der Waals surface area (Å²) in [5, 5.41) is 13.2. The van der Waals surface area contributed by atoms with E-state index in [2.05, 4.69) is 5.10 Å². The van der Waals surface area contributed by atoms with Crippen LogP contribution in [0, 0.1) is 0 Å². The van der Waals surface area contributed by atoms with Crippen LogP contribution < -0.4 is 0 Å². The van der Waals surface area contributed by atoms with E-state index < -0.39 is 17.7 Å². The van der Waals surface area contributed by atoms with E-state index in [9.17, 15) is 18.0 Å². The number of fused-ring (bicyclic) bond motifs is 1. The minimum atomic E-state index is -4.39. The minimum absolute atomic E-state index is 0.0117. The Hall–Kier alpha value is -2.31. The molecule has 1 aromatic carbocycles. The van der Waals surface area contributed by atoms with Crippen molar-refractivity contribution in [3.8, 4) is 5.69 Å². The zero-order valence-corrected chi connectivity index (χ0v) is 10.8. The second-order valence-corrected chi connectivity index (χ2v) is 4.89. The normalized spacial score (nSPS) is 14.2. The number of rotatable bonds is 2. The summed E-state index contributed by atoms with van der Waals surface area (Å²) in [6.07, 6.45) is -2.25. The van der Waals surface area contributed by atoms with Crippen molar-refractivity contribution in [2.24, 2.45) is 0 Å². The molecule has 3 rings (SSSR count). The van der Waals surface area contributed by atoms with Crippen LogP contribution >= 0.6 is 0 Å². The van der Waals surface area contributed by atoms with Gasteiger partial charge in [-0.15, -0.1) is 0 Å². The zero-order valence-electron chi connectivity index (χ0n) is 10.8. The topological polar surface area (TPSA) is 55.1 Å². The highest BCUT2D eigenvalue weighted by atomic mass is 19.4. The number of carboxylic acid groups (broad SMARTS) is 1. The van der Waals surface area contributed by atoms with Crippen LogP contribution in [-0.4, -0.2) is 20.9 Å². The Morgan fingerprint density at radius 1 is 1.19 bits per heavy atom. The summed E-state index contributed by atoms with van der Waals surface area (Å²) in [4.78, 5) is 11.2. The molecule has 0 atom stereocenters. The van der Waals surface area contributed by atoms with Crippen LogP contribution in [0.5, 0.6) is 0 Å². The van der Waals surface area contributed by atoms with Crippen LogP contribution in [0.15, 0.2) is 24.3 Å². The molecule has 2 aromatic rings. The summed E-state index contributed by atoms with van der Waals surface area (Å²) < 4.78 is 39.1. The van der Waals surface area contributed by atoms with E-state index in [0.717, 1.165) is 24.2 Å². The van der Waals surface area contributed by atoms with Crippen LogP contribution in [0.3, 0.4) is 0 Å². The first-order valence-corrected chi connectivity index (χ1v) is 6.39. The predicted octanol–water partition coefficient (Wildman–Crippen LogP) is 3.08. The summed E-state index contributed by atoms with van der Waals surface area (Å²) in [6, 6.07) is 4.55. The number of carboxylic acids is 1. The van der Waals surface area contributed by atoms with E-state index in [-0.39, 0.29) is 5.69 Å². The lowest BCUT2D eigenvalue weighted by Crippen LogP contribution is -2.07. The molecule has 0 bridgehead atoms. The van der Waals surface area contributed by atoms with Gasteiger partial charge in [-0.25, -0.2) is 9.48 Å². The number of hydrogen-bond acceptors (Lipinski definition) is 2. The summed E-state index contributed by atoms with van der Waals surface area (Å²) >= 11 is 0. The van der Waals surface area contributed by atoms with Crippen molar-refractivity contribution in [2.75, 3.05) is 0 Å². The van der Waals surface area contributed by atoms with Crippen LogP contribution in [-0.2, 0) is 19.0 Å². The van der Waals surface area contributed by atoms with Crippen molar-refractivity contribution in [1.82, 2.24) is 9.78 Å². The second kappa shape index (κ2) is 4.61. The van der Waals surface area contributed by atoms with Gasteiger partial charge in [0.15, 0.2) is 5.69 Å². The lowest BCUT2D eigenvalue weighted by atomic mass is 10.2. The molecule has 1 heterocycles. The SMILES string of the molecule is O=C(O)c1nn(-c2ccc(C(F)(F)F)cc2)c2c1CCC2. The molecule has 1 aromatic heterocycles. The molecular formula is C14H11F3N2O2. The van der Waals surface area contributed by atoms with Gasteiger partial charge in [0.05, 0.1) is 11.3 Å². The summed E-state index contributed by atoms with van der Waals surface area (Å²) in [5.74, 6) is -1.11. The molecule has 0 unspecified atom stereocenters. The number of aromatic carboxylic acids is 1. The molecule has 0 amide bonds. The van der Waals surface area contributed by atoms with Gasteiger partial charge < -0.3 is 5.11 Å². The Balaban J connectivity index is 2.05. The Morgan fingerprint density at radius 2 is 1.86 bits per heavy atom.